The second-order valence-electron chi connectivity index (χ2n) is 5.13. The number of nitrogens with one attached hydrogen (secondary N) is 1. The number of fused-ring (bicyclic) bond motifs is 1. The molecule has 21 heavy (non-hydrogen) atoms. The molecule has 0 aliphatic carbocycles. The molecular weight excluding hydrogens is 264 g/mol. The normalized spacial score (nSPS) is 10.8. The smallest absolute Gasteiger partial charge is 0.255 e. The van der Waals surface area contributed by atoms with Gasteiger partial charge >= 0.3 is 0 Å². The number of pyridine rings is 1. The Morgan fingerprint density at radius 1 is 1.24 bits per heavy atom. The lowest BCUT2D eigenvalue weighted by molar-refractivity contribution is 0.102. The second-order valence-corrected chi connectivity index (χ2v) is 5.13. The van der Waals surface area contributed by atoms with E-state index in [1.54, 1.807) is 16.9 Å². The van der Waals surface area contributed by atoms with Crippen molar-refractivity contribution in [1.29, 1.82) is 0 Å². The highest BCUT2D eigenvalue weighted by atomic mass is 16.1. The van der Waals surface area contributed by atoms with Gasteiger partial charge in [-0.3, -0.25) is 9.48 Å². The molecule has 2 heterocycles. The fraction of sp³-hybridized carbons (Fsp3) is 0.188. The summed E-state index contributed by atoms with van der Waals surface area (Å²) < 4.78 is 1.73. The summed E-state index contributed by atoms with van der Waals surface area (Å²) in [6, 6.07) is 9.39. The number of aryl methyl sites for hydroxylation is 3. The minimum Gasteiger partial charge on any atom is -0.321 e. The first-order chi connectivity index (χ1) is 10.0. The van der Waals surface area contributed by atoms with Crippen molar-refractivity contribution < 1.29 is 4.79 Å². The molecular formula is C16H16N4O. The molecule has 1 amide bonds. The Kier molecular flexibility index (Phi) is 3.17. The highest BCUT2D eigenvalue weighted by molar-refractivity contribution is 6.05. The number of aromatic nitrogens is 3. The van der Waals surface area contributed by atoms with Gasteiger partial charge in [0, 0.05) is 18.0 Å². The van der Waals surface area contributed by atoms with E-state index in [1.807, 2.05) is 45.2 Å². The van der Waals surface area contributed by atoms with Crippen molar-refractivity contribution in [1.82, 2.24) is 14.8 Å². The third kappa shape index (κ3) is 2.50. The van der Waals surface area contributed by atoms with Crippen LogP contribution in [-0.4, -0.2) is 20.7 Å². The van der Waals surface area contributed by atoms with Crippen molar-refractivity contribution in [2.75, 3.05) is 5.32 Å². The van der Waals surface area contributed by atoms with Crippen molar-refractivity contribution in [3.63, 3.8) is 0 Å². The van der Waals surface area contributed by atoms with Crippen LogP contribution in [0.25, 0.3) is 11.0 Å². The van der Waals surface area contributed by atoms with E-state index in [0.29, 0.717) is 11.3 Å². The second kappa shape index (κ2) is 5.01. The van der Waals surface area contributed by atoms with Crippen molar-refractivity contribution in [3.8, 4) is 0 Å². The van der Waals surface area contributed by atoms with E-state index in [9.17, 15) is 4.79 Å². The number of nitrogens with zero attached hydrogens (tertiary/aromatic N) is 3. The lowest BCUT2D eigenvalue weighted by Crippen LogP contribution is -2.12. The monoisotopic (exact) mass is 280 g/mol. The summed E-state index contributed by atoms with van der Waals surface area (Å²) in [4.78, 5) is 16.6. The fourth-order valence-corrected chi connectivity index (χ4v) is 2.37. The zero-order valence-corrected chi connectivity index (χ0v) is 12.2. The quantitative estimate of drug-likeness (QED) is 0.785. The number of carbonyl (C=O) groups excluding carboxylic acids is 1. The predicted molar refractivity (Wildman–Crippen MR) is 82.4 cm³/mol. The third-order valence-electron chi connectivity index (χ3n) is 3.40. The number of benzene rings is 1. The van der Waals surface area contributed by atoms with Gasteiger partial charge in [0.15, 0.2) is 5.65 Å². The van der Waals surface area contributed by atoms with Crippen molar-refractivity contribution >= 4 is 22.6 Å². The summed E-state index contributed by atoms with van der Waals surface area (Å²) >= 11 is 0. The highest BCUT2D eigenvalue weighted by Crippen LogP contribution is 2.19. The Balaban J connectivity index is 1.91. The number of hydrogen-bond donors (Lipinski definition) is 1. The maximum atomic E-state index is 12.2. The summed E-state index contributed by atoms with van der Waals surface area (Å²) in [6.45, 7) is 3.89. The van der Waals surface area contributed by atoms with E-state index in [0.717, 1.165) is 22.3 Å². The molecule has 1 N–H and O–H groups in total. The van der Waals surface area contributed by atoms with Crippen LogP contribution >= 0.6 is 0 Å². The van der Waals surface area contributed by atoms with Gasteiger partial charge in [0.05, 0.1) is 17.6 Å². The Morgan fingerprint density at radius 2 is 2.05 bits per heavy atom. The SMILES string of the molecule is Cc1cccc(C(=O)Nc2cnc3c(c2)c(C)nn3C)c1. The number of carbonyl (C=O) groups is 1. The van der Waals surface area contributed by atoms with E-state index >= 15 is 0 Å². The minimum atomic E-state index is -0.138. The summed E-state index contributed by atoms with van der Waals surface area (Å²) in [5.74, 6) is -0.138. The number of amides is 1. The van der Waals surface area contributed by atoms with Crippen LogP contribution in [0.3, 0.4) is 0 Å². The lowest BCUT2D eigenvalue weighted by atomic mass is 10.1. The van der Waals surface area contributed by atoms with E-state index in [-0.39, 0.29) is 5.91 Å². The molecule has 0 radical (unpaired) electrons. The molecule has 0 saturated heterocycles. The molecule has 0 unspecified atom stereocenters. The summed E-state index contributed by atoms with van der Waals surface area (Å²) in [7, 11) is 1.85. The first-order valence-corrected chi connectivity index (χ1v) is 6.72. The van der Waals surface area contributed by atoms with Crippen molar-refractivity contribution in [3.05, 3.63) is 53.3 Å². The average molecular weight is 280 g/mol. The minimum absolute atomic E-state index is 0.138. The van der Waals surface area contributed by atoms with Crippen molar-refractivity contribution in [2.24, 2.45) is 7.05 Å². The van der Waals surface area contributed by atoms with Crippen LogP contribution in [0.1, 0.15) is 21.6 Å². The summed E-state index contributed by atoms with van der Waals surface area (Å²) in [6.07, 6.45) is 1.65. The Morgan fingerprint density at radius 3 is 2.81 bits per heavy atom. The van der Waals surface area contributed by atoms with Gasteiger partial charge in [-0.15, -0.1) is 0 Å². The van der Waals surface area contributed by atoms with Crippen LogP contribution in [0.4, 0.5) is 5.69 Å². The Labute approximate surface area is 122 Å². The molecule has 0 aliphatic heterocycles. The summed E-state index contributed by atoms with van der Waals surface area (Å²) in [5.41, 5.74) is 4.06. The van der Waals surface area contributed by atoms with E-state index in [4.69, 9.17) is 0 Å². The van der Waals surface area contributed by atoms with Crippen LogP contribution in [0.15, 0.2) is 36.5 Å². The third-order valence-corrected chi connectivity index (χ3v) is 3.40. The molecule has 0 spiro atoms. The molecule has 0 fully saturated rings. The van der Waals surface area contributed by atoms with Gasteiger partial charge in [-0.25, -0.2) is 4.98 Å². The molecule has 106 valence electrons. The molecule has 2 aromatic heterocycles. The molecule has 1 aromatic carbocycles. The fourth-order valence-electron chi connectivity index (χ4n) is 2.37. The van der Waals surface area contributed by atoms with Crippen LogP contribution in [0.5, 0.6) is 0 Å². The van der Waals surface area contributed by atoms with Gasteiger partial charge in [-0.1, -0.05) is 17.7 Å². The van der Waals surface area contributed by atoms with Crippen LogP contribution in [-0.2, 0) is 7.05 Å². The van der Waals surface area contributed by atoms with Crippen molar-refractivity contribution in [2.45, 2.75) is 13.8 Å². The molecule has 0 bridgehead atoms. The first kappa shape index (κ1) is 13.3. The van der Waals surface area contributed by atoms with Crippen LogP contribution in [0.2, 0.25) is 0 Å². The predicted octanol–water partition coefficient (Wildman–Crippen LogP) is 2.84. The number of hydrogen-bond acceptors (Lipinski definition) is 3. The zero-order chi connectivity index (χ0) is 15.0. The molecule has 0 aliphatic rings. The van der Waals surface area contributed by atoms with Gasteiger partial charge in [0.1, 0.15) is 0 Å². The Bertz CT molecular complexity index is 835. The van der Waals surface area contributed by atoms with E-state index in [1.165, 1.54) is 0 Å². The molecule has 3 rings (SSSR count). The van der Waals surface area contributed by atoms with Gasteiger partial charge in [0.2, 0.25) is 0 Å². The summed E-state index contributed by atoms with van der Waals surface area (Å²) in [5, 5.41) is 8.14. The van der Waals surface area contributed by atoms with Crippen LogP contribution in [0, 0.1) is 13.8 Å². The first-order valence-electron chi connectivity index (χ1n) is 6.72. The van der Waals surface area contributed by atoms with Gasteiger partial charge in [-0.2, -0.15) is 5.10 Å². The molecule has 0 atom stereocenters. The largest absolute Gasteiger partial charge is 0.321 e. The molecule has 5 heteroatoms. The maximum absolute atomic E-state index is 12.2. The standard InChI is InChI=1S/C16H16N4O/c1-10-5-4-6-12(7-10)16(21)18-13-8-14-11(2)19-20(3)15(14)17-9-13/h4-9H,1-3H3,(H,18,21). The number of anilines is 1. The van der Waals surface area contributed by atoms with Gasteiger partial charge in [0.25, 0.3) is 5.91 Å². The molecule has 3 aromatic rings. The molecule has 5 nitrogen and oxygen atoms in total. The Hall–Kier alpha value is -2.69. The lowest BCUT2D eigenvalue weighted by Gasteiger charge is -2.06. The number of rotatable bonds is 2. The topological polar surface area (TPSA) is 59.8 Å². The van der Waals surface area contributed by atoms with Crippen LogP contribution < -0.4 is 5.32 Å². The zero-order valence-electron chi connectivity index (χ0n) is 12.2. The molecule has 0 saturated carbocycles. The van der Waals surface area contributed by atoms with Gasteiger partial charge in [-0.05, 0) is 32.0 Å². The van der Waals surface area contributed by atoms with E-state index in [2.05, 4.69) is 15.4 Å². The maximum Gasteiger partial charge on any atom is 0.255 e. The average Bonchev–Trinajstić information content (AvgIpc) is 2.74. The van der Waals surface area contributed by atoms with E-state index < -0.39 is 0 Å². The van der Waals surface area contributed by atoms with Gasteiger partial charge < -0.3 is 5.32 Å². The highest BCUT2D eigenvalue weighted by Gasteiger charge is 2.10.